The van der Waals surface area contributed by atoms with Gasteiger partial charge in [0.05, 0.1) is 6.10 Å². The van der Waals surface area contributed by atoms with E-state index < -0.39 is 17.7 Å². The van der Waals surface area contributed by atoms with Gasteiger partial charge in [0.1, 0.15) is 12.1 Å². The second kappa shape index (κ2) is 7.56. The summed E-state index contributed by atoms with van der Waals surface area (Å²) in [6.45, 7) is 8.37. The van der Waals surface area contributed by atoms with Crippen LogP contribution in [-0.2, 0) is 14.3 Å². The molecule has 0 aliphatic rings. The summed E-state index contributed by atoms with van der Waals surface area (Å²) in [6.07, 6.45) is -1.03. The summed E-state index contributed by atoms with van der Waals surface area (Å²) in [5.41, 5.74) is -0.681. The first-order valence-corrected chi connectivity index (χ1v) is 6.18. The second-order valence-corrected chi connectivity index (χ2v) is 5.45. The molecule has 1 amide bonds. The molecule has 0 aromatic rings. The SMILES string of the molecule is CC(C)OC(=O)CN(C)/C(=N/O)NC(=O)OC(C)(C)C. The lowest BCUT2D eigenvalue weighted by atomic mass is 10.2. The van der Waals surface area contributed by atoms with Crippen molar-refractivity contribution in [1.82, 2.24) is 10.2 Å². The monoisotopic (exact) mass is 289 g/mol. The highest BCUT2D eigenvalue weighted by molar-refractivity contribution is 5.94. The summed E-state index contributed by atoms with van der Waals surface area (Å²) >= 11 is 0. The van der Waals surface area contributed by atoms with Crippen LogP contribution >= 0.6 is 0 Å². The van der Waals surface area contributed by atoms with Crippen LogP contribution in [0.1, 0.15) is 34.6 Å². The van der Waals surface area contributed by atoms with Crippen molar-refractivity contribution in [2.75, 3.05) is 13.6 Å². The Balaban J connectivity index is 4.47. The summed E-state index contributed by atoms with van der Waals surface area (Å²) in [5, 5.41) is 14.0. The average molecular weight is 289 g/mol. The molecule has 0 bridgehead atoms. The lowest BCUT2D eigenvalue weighted by molar-refractivity contribution is -0.147. The minimum atomic E-state index is -0.783. The Labute approximate surface area is 118 Å². The fourth-order valence-corrected chi connectivity index (χ4v) is 1.16. The van der Waals surface area contributed by atoms with E-state index in [1.54, 1.807) is 34.6 Å². The van der Waals surface area contributed by atoms with Crippen LogP contribution in [-0.4, -0.2) is 53.4 Å². The number of nitrogens with one attached hydrogen (secondary N) is 1. The van der Waals surface area contributed by atoms with E-state index in [2.05, 4.69) is 10.5 Å². The number of likely N-dealkylation sites (N-methyl/N-ethyl adjacent to an activating group) is 1. The minimum absolute atomic E-state index is 0.173. The molecule has 0 rings (SSSR count). The van der Waals surface area contributed by atoms with E-state index in [1.807, 2.05) is 0 Å². The normalized spacial score (nSPS) is 12.1. The van der Waals surface area contributed by atoms with Gasteiger partial charge in [0.15, 0.2) is 0 Å². The van der Waals surface area contributed by atoms with Gasteiger partial charge < -0.3 is 19.6 Å². The van der Waals surface area contributed by atoms with Crippen LogP contribution in [0.3, 0.4) is 0 Å². The summed E-state index contributed by atoms with van der Waals surface area (Å²) in [4.78, 5) is 24.2. The summed E-state index contributed by atoms with van der Waals surface area (Å²) in [5.74, 6) is -0.713. The molecule has 8 nitrogen and oxygen atoms in total. The van der Waals surface area contributed by atoms with E-state index >= 15 is 0 Å². The maximum Gasteiger partial charge on any atom is 0.414 e. The number of guanidine groups is 1. The molecule has 0 unspecified atom stereocenters. The van der Waals surface area contributed by atoms with Gasteiger partial charge in [-0.05, 0) is 34.6 Å². The predicted octanol–water partition coefficient (Wildman–Crippen LogP) is 1.14. The number of hydrogen-bond donors (Lipinski definition) is 2. The van der Waals surface area contributed by atoms with Crippen LogP contribution in [0.2, 0.25) is 0 Å². The number of esters is 1. The molecule has 8 heteroatoms. The van der Waals surface area contributed by atoms with Crippen molar-refractivity contribution in [2.24, 2.45) is 5.16 Å². The molecule has 20 heavy (non-hydrogen) atoms. The Morgan fingerprint density at radius 2 is 1.90 bits per heavy atom. The first-order valence-electron chi connectivity index (χ1n) is 6.18. The van der Waals surface area contributed by atoms with Crippen LogP contribution < -0.4 is 5.32 Å². The zero-order valence-corrected chi connectivity index (χ0v) is 12.8. The number of carbonyl (C=O) groups excluding carboxylic acids is 2. The highest BCUT2D eigenvalue weighted by atomic mass is 16.6. The summed E-state index contributed by atoms with van der Waals surface area (Å²) in [7, 11) is 1.47. The van der Waals surface area contributed by atoms with Crippen molar-refractivity contribution in [3.05, 3.63) is 0 Å². The lowest BCUT2D eigenvalue weighted by Crippen LogP contribution is -2.46. The standard InChI is InChI=1S/C12H23N3O5/c1-8(2)19-9(16)7-15(6)10(14-18)13-11(17)20-12(3,4)5/h8,18H,7H2,1-6H3,(H,13,14,17). The third-order valence-corrected chi connectivity index (χ3v) is 1.80. The first kappa shape index (κ1) is 18.0. The number of alkyl carbamates (subject to hydrolysis) is 1. The molecule has 0 heterocycles. The molecule has 0 atom stereocenters. The molecule has 0 aliphatic heterocycles. The van der Waals surface area contributed by atoms with Crippen LogP contribution in [0.4, 0.5) is 4.79 Å². The molecule has 0 aliphatic carbocycles. The van der Waals surface area contributed by atoms with Crippen molar-refractivity contribution >= 4 is 18.0 Å². The molecular formula is C12H23N3O5. The topological polar surface area (TPSA) is 100 Å². The maximum atomic E-state index is 11.5. The fourth-order valence-electron chi connectivity index (χ4n) is 1.16. The van der Waals surface area contributed by atoms with Crippen LogP contribution in [0.25, 0.3) is 0 Å². The number of nitrogens with zero attached hydrogens (tertiary/aromatic N) is 2. The van der Waals surface area contributed by atoms with E-state index in [1.165, 1.54) is 11.9 Å². The third kappa shape index (κ3) is 8.17. The maximum absolute atomic E-state index is 11.5. The molecule has 0 fully saturated rings. The molecule has 0 radical (unpaired) electrons. The molecule has 0 aromatic carbocycles. The molecule has 0 spiro atoms. The van der Waals surface area contributed by atoms with E-state index in [0.29, 0.717) is 0 Å². The molecule has 0 aromatic heterocycles. The van der Waals surface area contributed by atoms with Gasteiger partial charge in [-0.1, -0.05) is 5.16 Å². The zero-order chi connectivity index (χ0) is 15.9. The van der Waals surface area contributed by atoms with Gasteiger partial charge in [0.25, 0.3) is 0 Å². The van der Waals surface area contributed by atoms with Crippen LogP contribution in [0.5, 0.6) is 0 Å². The quantitative estimate of drug-likeness (QED) is 0.266. The number of oxime groups is 1. The van der Waals surface area contributed by atoms with Gasteiger partial charge in [-0.15, -0.1) is 0 Å². The van der Waals surface area contributed by atoms with Gasteiger partial charge in [-0.2, -0.15) is 0 Å². The van der Waals surface area contributed by atoms with Crippen LogP contribution in [0.15, 0.2) is 5.16 Å². The Hall–Kier alpha value is -1.99. The van der Waals surface area contributed by atoms with Crippen molar-refractivity contribution in [3.63, 3.8) is 0 Å². The molecule has 0 saturated carbocycles. The lowest BCUT2D eigenvalue weighted by Gasteiger charge is -2.23. The smallest absolute Gasteiger partial charge is 0.414 e. The van der Waals surface area contributed by atoms with Gasteiger partial charge >= 0.3 is 12.1 Å². The molecule has 116 valence electrons. The summed E-state index contributed by atoms with van der Waals surface area (Å²) < 4.78 is 9.94. The number of rotatable bonds is 3. The Bertz CT molecular complexity index is 374. The number of carbonyl (C=O) groups is 2. The number of ether oxygens (including phenoxy) is 2. The molecule has 2 N–H and O–H groups in total. The van der Waals surface area contributed by atoms with Crippen molar-refractivity contribution < 1.29 is 24.3 Å². The van der Waals surface area contributed by atoms with Crippen LogP contribution in [0, 0.1) is 0 Å². The van der Waals surface area contributed by atoms with Crippen molar-refractivity contribution in [3.8, 4) is 0 Å². The third-order valence-electron chi connectivity index (χ3n) is 1.80. The molecule has 0 saturated heterocycles. The highest BCUT2D eigenvalue weighted by Gasteiger charge is 2.20. The highest BCUT2D eigenvalue weighted by Crippen LogP contribution is 2.06. The minimum Gasteiger partial charge on any atom is -0.462 e. The van der Waals surface area contributed by atoms with Crippen molar-refractivity contribution in [2.45, 2.75) is 46.3 Å². The number of amides is 1. The first-order chi connectivity index (χ1) is 9.05. The Morgan fingerprint density at radius 3 is 2.30 bits per heavy atom. The van der Waals surface area contributed by atoms with E-state index in [9.17, 15) is 9.59 Å². The zero-order valence-electron chi connectivity index (χ0n) is 12.8. The average Bonchev–Trinajstić information content (AvgIpc) is 2.21. The largest absolute Gasteiger partial charge is 0.462 e. The Morgan fingerprint density at radius 1 is 1.35 bits per heavy atom. The fraction of sp³-hybridized carbons (Fsp3) is 0.750. The van der Waals surface area contributed by atoms with E-state index in [0.717, 1.165) is 0 Å². The van der Waals surface area contributed by atoms with Crippen molar-refractivity contribution in [1.29, 1.82) is 0 Å². The predicted molar refractivity (Wildman–Crippen MR) is 72.4 cm³/mol. The van der Waals surface area contributed by atoms with Gasteiger partial charge in [-0.25, -0.2) is 4.79 Å². The summed E-state index contributed by atoms with van der Waals surface area (Å²) in [6, 6.07) is 0. The van der Waals surface area contributed by atoms with Gasteiger partial charge in [-0.3, -0.25) is 10.1 Å². The number of hydrogen-bond acceptors (Lipinski definition) is 6. The van der Waals surface area contributed by atoms with Gasteiger partial charge in [0, 0.05) is 7.05 Å². The Kier molecular flexibility index (Phi) is 6.81. The van der Waals surface area contributed by atoms with E-state index in [-0.39, 0.29) is 18.6 Å². The van der Waals surface area contributed by atoms with E-state index in [4.69, 9.17) is 14.7 Å². The molecular weight excluding hydrogens is 266 g/mol. The second-order valence-electron chi connectivity index (χ2n) is 5.45. The van der Waals surface area contributed by atoms with Gasteiger partial charge in [0.2, 0.25) is 5.96 Å².